The van der Waals surface area contributed by atoms with Gasteiger partial charge in [0.2, 0.25) is 5.88 Å². The number of carbonyl (C=O) groups excluding carboxylic acids is 1. The number of carbonyl (C=O) groups is 1. The highest BCUT2D eigenvalue weighted by Gasteiger charge is 2.34. The van der Waals surface area contributed by atoms with Crippen LogP contribution >= 0.6 is 0 Å². The molecule has 6 nitrogen and oxygen atoms in total. The number of aliphatic hydroxyl groups excluding tert-OH is 1. The van der Waals surface area contributed by atoms with Crippen molar-refractivity contribution in [1.29, 1.82) is 0 Å². The maximum atomic E-state index is 13.6. The average Bonchev–Trinajstić information content (AvgIpc) is 3.34. The van der Waals surface area contributed by atoms with E-state index in [4.69, 9.17) is 4.74 Å². The Morgan fingerprint density at radius 3 is 2.56 bits per heavy atom. The zero-order chi connectivity index (χ0) is 24.2. The Hall–Kier alpha value is -2.44. The van der Waals surface area contributed by atoms with E-state index in [0.29, 0.717) is 18.0 Å². The number of hydrogen-bond donors (Lipinski definition) is 1. The molecular weight excluding hydrogens is 426 g/mol. The third-order valence-corrected chi connectivity index (χ3v) is 7.44. The molecule has 6 heteroatoms. The van der Waals surface area contributed by atoms with E-state index in [1.54, 1.807) is 11.1 Å². The summed E-state index contributed by atoms with van der Waals surface area (Å²) < 4.78 is 6.46. The van der Waals surface area contributed by atoms with Crippen LogP contribution in [0.5, 0.6) is 5.88 Å². The zero-order valence-corrected chi connectivity index (χ0v) is 21.0. The van der Waals surface area contributed by atoms with E-state index in [1.165, 1.54) is 31.2 Å². The fraction of sp³-hybridized carbons (Fsp3) is 0.571. The standard InChI is InChI=1S/C28H39N3O3/c1-19-9-11-23(12-10-19)24-13-25-27(29-14-24)34-26(17-30(4)16-22-7-5-6-8-22)20(2)15-31(28(25)33)21(3)18-32/h9-14,20-22,26,32H,5-8,15-18H2,1-4H3/t20-,21-,26+/m0/s1. The minimum absolute atomic E-state index is 0.0774. The number of ether oxygens (including phenoxy) is 1. The highest BCUT2D eigenvalue weighted by molar-refractivity contribution is 5.98. The van der Waals surface area contributed by atoms with Gasteiger partial charge in [-0.05, 0) is 51.3 Å². The second-order valence-corrected chi connectivity index (χ2v) is 10.4. The number of aliphatic hydroxyl groups is 1. The number of likely N-dealkylation sites (N-methyl/N-ethyl adjacent to an activating group) is 1. The molecule has 1 fully saturated rings. The molecule has 2 heterocycles. The SMILES string of the molecule is Cc1ccc(-c2cnc3c(c2)C(=O)N([C@@H](C)CO)C[C@H](C)[C@@H](CN(C)CC2CCCC2)O3)cc1. The van der Waals surface area contributed by atoms with Gasteiger partial charge in [-0.15, -0.1) is 0 Å². The van der Waals surface area contributed by atoms with Crippen molar-refractivity contribution >= 4 is 5.91 Å². The summed E-state index contributed by atoms with van der Waals surface area (Å²) in [4.78, 5) is 22.4. The molecule has 1 amide bonds. The smallest absolute Gasteiger partial charge is 0.259 e. The molecule has 34 heavy (non-hydrogen) atoms. The molecule has 0 radical (unpaired) electrons. The summed E-state index contributed by atoms with van der Waals surface area (Å²) in [6.45, 7) is 8.40. The molecule has 0 spiro atoms. The van der Waals surface area contributed by atoms with Gasteiger partial charge in [-0.2, -0.15) is 0 Å². The van der Waals surface area contributed by atoms with E-state index in [0.717, 1.165) is 30.1 Å². The van der Waals surface area contributed by atoms with Crippen molar-refractivity contribution in [3.8, 4) is 17.0 Å². The molecular formula is C28H39N3O3. The van der Waals surface area contributed by atoms with Crippen molar-refractivity contribution < 1.29 is 14.6 Å². The second-order valence-electron chi connectivity index (χ2n) is 10.4. The van der Waals surface area contributed by atoms with Crippen molar-refractivity contribution in [1.82, 2.24) is 14.8 Å². The van der Waals surface area contributed by atoms with Crippen LogP contribution in [-0.4, -0.2) is 71.2 Å². The molecule has 2 aromatic rings. The van der Waals surface area contributed by atoms with Crippen LogP contribution in [-0.2, 0) is 0 Å². The normalized spacial score (nSPS) is 22.3. The van der Waals surface area contributed by atoms with Crippen LogP contribution in [0.25, 0.3) is 11.1 Å². The van der Waals surface area contributed by atoms with E-state index >= 15 is 0 Å². The van der Waals surface area contributed by atoms with Gasteiger partial charge in [0.1, 0.15) is 11.7 Å². The predicted molar refractivity (Wildman–Crippen MR) is 135 cm³/mol. The average molecular weight is 466 g/mol. The Kier molecular flexibility index (Phi) is 7.89. The van der Waals surface area contributed by atoms with Gasteiger partial charge < -0.3 is 19.6 Å². The van der Waals surface area contributed by atoms with Gasteiger partial charge >= 0.3 is 0 Å². The van der Waals surface area contributed by atoms with Crippen LogP contribution in [0.2, 0.25) is 0 Å². The number of pyridine rings is 1. The van der Waals surface area contributed by atoms with Crippen LogP contribution < -0.4 is 4.74 Å². The van der Waals surface area contributed by atoms with Crippen molar-refractivity contribution in [2.24, 2.45) is 11.8 Å². The molecule has 1 aliphatic heterocycles. The fourth-order valence-corrected chi connectivity index (χ4v) is 5.24. The van der Waals surface area contributed by atoms with Gasteiger partial charge in [0.25, 0.3) is 5.91 Å². The summed E-state index contributed by atoms with van der Waals surface area (Å²) in [6.07, 6.45) is 7.01. The number of amides is 1. The maximum absolute atomic E-state index is 13.6. The summed E-state index contributed by atoms with van der Waals surface area (Å²) in [5, 5.41) is 9.88. The summed E-state index contributed by atoms with van der Waals surface area (Å²) in [5.74, 6) is 1.13. The molecule has 1 aromatic heterocycles. The third kappa shape index (κ3) is 5.61. The molecule has 1 aromatic carbocycles. The largest absolute Gasteiger partial charge is 0.472 e. The first-order valence-electron chi connectivity index (χ1n) is 12.7. The van der Waals surface area contributed by atoms with E-state index in [1.807, 2.05) is 25.1 Å². The van der Waals surface area contributed by atoms with Crippen LogP contribution in [0.15, 0.2) is 36.5 Å². The molecule has 0 saturated heterocycles. The minimum atomic E-state index is -0.277. The highest BCUT2D eigenvalue weighted by atomic mass is 16.5. The second kappa shape index (κ2) is 10.9. The number of rotatable bonds is 7. The van der Waals surface area contributed by atoms with Crippen molar-refractivity contribution in [3.05, 3.63) is 47.7 Å². The number of benzene rings is 1. The van der Waals surface area contributed by atoms with Crippen molar-refractivity contribution in [3.63, 3.8) is 0 Å². The molecule has 2 aliphatic rings. The molecule has 1 aliphatic carbocycles. The van der Waals surface area contributed by atoms with E-state index < -0.39 is 0 Å². The fourth-order valence-electron chi connectivity index (χ4n) is 5.24. The number of aromatic nitrogens is 1. The van der Waals surface area contributed by atoms with E-state index in [9.17, 15) is 9.90 Å². The first-order chi connectivity index (χ1) is 16.4. The van der Waals surface area contributed by atoms with E-state index in [2.05, 4.69) is 42.9 Å². The molecule has 0 unspecified atom stereocenters. The van der Waals surface area contributed by atoms with E-state index in [-0.39, 0.29) is 30.6 Å². The number of aryl methyl sites for hydroxylation is 1. The Balaban J connectivity index is 1.64. The summed E-state index contributed by atoms with van der Waals surface area (Å²) in [7, 11) is 2.17. The number of hydrogen-bond acceptors (Lipinski definition) is 5. The lowest BCUT2D eigenvalue weighted by Gasteiger charge is -2.38. The van der Waals surface area contributed by atoms with Gasteiger partial charge in [-0.25, -0.2) is 4.98 Å². The molecule has 0 bridgehead atoms. The zero-order valence-electron chi connectivity index (χ0n) is 21.0. The Morgan fingerprint density at radius 2 is 1.88 bits per heavy atom. The van der Waals surface area contributed by atoms with Crippen molar-refractivity contribution in [2.75, 3.05) is 33.3 Å². The number of nitrogens with zero attached hydrogens (tertiary/aromatic N) is 3. The lowest BCUT2D eigenvalue weighted by Crippen LogP contribution is -2.50. The Bertz CT molecular complexity index is 971. The number of fused-ring (bicyclic) bond motifs is 1. The van der Waals surface area contributed by atoms with Crippen LogP contribution in [0, 0.1) is 18.8 Å². The highest BCUT2D eigenvalue weighted by Crippen LogP contribution is 2.31. The predicted octanol–water partition coefficient (Wildman–Crippen LogP) is 4.40. The third-order valence-electron chi connectivity index (χ3n) is 7.44. The van der Waals surface area contributed by atoms with Gasteiger partial charge in [-0.1, -0.05) is 49.6 Å². The topological polar surface area (TPSA) is 65.9 Å². The molecule has 4 rings (SSSR count). The van der Waals surface area contributed by atoms with Gasteiger partial charge in [0.05, 0.1) is 12.6 Å². The Morgan fingerprint density at radius 1 is 1.18 bits per heavy atom. The molecule has 1 saturated carbocycles. The Labute approximate surface area is 203 Å². The summed E-state index contributed by atoms with van der Waals surface area (Å²) in [5.41, 5.74) is 3.55. The van der Waals surface area contributed by atoms with Crippen LogP contribution in [0.3, 0.4) is 0 Å². The molecule has 3 atom stereocenters. The van der Waals surface area contributed by atoms with Gasteiger partial charge in [0.15, 0.2) is 0 Å². The van der Waals surface area contributed by atoms with Crippen LogP contribution in [0.4, 0.5) is 0 Å². The van der Waals surface area contributed by atoms with Gasteiger partial charge in [-0.3, -0.25) is 4.79 Å². The minimum Gasteiger partial charge on any atom is -0.472 e. The van der Waals surface area contributed by atoms with Gasteiger partial charge in [0, 0.05) is 37.3 Å². The summed E-state index contributed by atoms with van der Waals surface area (Å²) >= 11 is 0. The first-order valence-corrected chi connectivity index (χ1v) is 12.7. The lowest BCUT2D eigenvalue weighted by molar-refractivity contribution is 0.0320. The molecule has 1 N–H and O–H groups in total. The summed E-state index contributed by atoms with van der Waals surface area (Å²) in [6, 6.07) is 9.82. The van der Waals surface area contributed by atoms with Crippen molar-refractivity contribution in [2.45, 2.75) is 58.6 Å². The maximum Gasteiger partial charge on any atom is 0.259 e. The quantitative estimate of drug-likeness (QED) is 0.657. The molecule has 184 valence electrons. The lowest BCUT2D eigenvalue weighted by atomic mass is 9.98. The monoisotopic (exact) mass is 465 g/mol. The first kappa shape index (κ1) is 24.7. The van der Waals surface area contributed by atoms with Crippen LogP contribution in [0.1, 0.15) is 55.5 Å².